The summed E-state index contributed by atoms with van der Waals surface area (Å²) in [6, 6.07) is 5.51. The zero-order valence-corrected chi connectivity index (χ0v) is 13.1. The quantitative estimate of drug-likeness (QED) is 0.878. The van der Waals surface area contributed by atoms with Crippen molar-refractivity contribution in [3.05, 3.63) is 24.0 Å². The average Bonchev–Trinajstić information content (AvgIpc) is 2.94. The number of anilines is 3. The molecular formula is C14H16N4O3S. The van der Waals surface area contributed by atoms with Crippen LogP contribution in [0.3, 0.4) is 0 Å². The molecular weight excluding hydrogens is 304 g/mol. The maximum atomic E-state index is 11.6. The highest BCUT2D eigenvalue weighted by atomic mass is 32.1. The third kappa shape index (κ3) is 3.18. The maximum absolute atomic E-state index is 11.6. The Bertz CT molecular complexity index is 688. The molecule has 7 nitrogen and oxygen atoms in total. The Morgan fingerprint density at radius 1 is 1.50 bits per heavy atom. The summed E-state index contributed by atoms with van der Waals surface area (Å²) in [5.41, 5.74) is 1.46. The van der Waals surface area contributed by atoms with E-state index in [1.54, 1.807) is 14.0 Å². The Labute approximate surface area is 131 Å². The molecule has 3 rings (SSSR count). The van der Waals surface area contributed by atoms with Crippen molar-refractivity contribution in [1.29, 1.82) is 0 Å². The highest BCUT2D eigenvalue weighted by Gasteiger charge is 2.23. The molecule has 116 valence electrons. The summed E-state index contributed by atoms with van der Waals surface area (Å²) in [6.45, 7) is 2.31. The number of nitrogens with one attached hydrogen (secondary N) is 2. The highest BCUT2D eigenvalue weighted by Crippen LogP contribution is 2.33. The number of aromatic nitrogens is 2. The molecule has 22 heavy (non-hydrogen) atoms. The number of benzene rings is 1. The fourth-order valence-corrected chi connectivity index (χ4v) is 2.64. The van der Waals surface area contributed by atoms with Crippen LogP contribution in [0.1, 0.15) is 12.7 Å². The largest absolute Gasteiger partial charge is 0.479 e. The van der Waals surface area contributed by atoms with Gasteiger partial charge >= 0.3 is 0 Å². The van der Waals surface area contributed by atoms with Crippen LogP contribution in [0.4, 0.5) is 16.5 Å². The van der Waals surface area contributed by atoms with Gasteiger partial charge in [-0.05, 0) is 25.1 Å². The number of nitrogens with zero attached hydrogens (tertiary/aromatic N) is 2. The minimum Gasteiger partial charge on any atom is -0.479 e. The van der Waals surface area contributed by atoms with Gasteiger partial charge in [-0.25, -0.2) is 4.98 Å². The molecule has 1 atom stereocenters. The van der Waals surface area contributed by atoms with E-state index in [-0.39, 0.29) is 5.91 Å². The summed E-state index contributed by atoms with van der Waals surface area (Å²) in [6.07, 6.45) is 0.207. The molecule has 1 aliphatic heterocycles. The van der Waals surface area contributed by atoms with Gasteiger partial charge in [0.1, 0.15) is 11.6 Å². The first-order valence-electron chi connectivity index (χ1n) is 6.86. The van der Waals surface area contributed by atoms with Crippen molar-refractivity contribution in [2.45, 2.75) is 19.4 Å². The van der Waals surface area contributed by atoms with Crippen molar-refractivity contribution >= 4 is 33.9 Å². The third-order valence-corrected chi connectivity index (χ3v) is 3.83. The molecule has 0 radical (unpaired) electrons. The lowest BCUT2D eigenvalue weighted by atomic mass is 10.2. The molecule has 1 amide bonds. The standard InChI is InChI=1S/C14H16N4O3S/c1-8-13(19)16-10-7-9(3-4-11(10)21-8)15-14-17-12(18-22-14)5-6-20-2/h3-4,7-8H,5-6H2,1-2H3,(H,16,19)(H,15,17,18). The number of fused-ring (bicyclic) bond motifs is 1. The molecule has 0 spiro atoms. The smallest absolute Gasteiger partial charge is 0.265 e. The van der Waals surface area contributed by atoms with Crippen LogP contribution in [0.2, 0.25) is 0 Å². The maximum Gasteiger partial charge on any atom is 0.265 e. The summed E-state index contributed by atoms with van der Waals surface area (Å²) >= 11 is 1.29. The van der Waals surface area contributed by atoms with E-state index >= 15 is 0 Å². The van der Waals surface area contributed by atoms with E-state index < -0.39 is 6.10 Å². The predicted octanol–water partition coefficient (Wildman–Crippen LogP) is 2.19. The molecule has 2 aromatic rings. The number of hydrogen-bond acceptors (Lipinski definition) is 7. The molecule has 0 saturated heterocycles. The molecule has 0 saturated carbocycles. The van der Waals surface area contributed by atoms with Gasteiger partial charge in [0, 0.05) is 30.8 Å². The van der Waals surface area contributed by atoms with Gasteiger partial charge < -0.3 is 20.1 Å². The van der Waals surface area contributed by atoms with Crippen molar-refractivity contribution in [1.82, 2.24) is 9.36 Å². The summed E-state index contributed by atoms with van der Waals surface area (Å²) < 4.78 is 14.8. The first kappa shape index (κ1) is 14.7. The third-order valence-electron chi connectivity index (χ3n) is 3.16. The Morgan fingerprint density at radius 3 is 3.18 bits per heavy atom. The molecule has 1 aliphatic rings. The summed E-state index contributed by atoms with van der Waals surface area (Å²) in [7, 11) is 1.65. The minimum atomic E-state index is -0.474. The number of methoxy groups -OCH3 is 1. The SMILES string of the molecule is COCCc1nsc(Nc2ccc3c(c2)NC(=O)C(C)O3)n1. The molecule has 0 bridgehead atoms. The molecule has 0 aliphatic carbocycles. The second-order valence-electron chi connectivity index (χ2n) is 4.84. The van der Waals surface area contributed by atoms with Crippen molar-refractivity contribution in [2.75, 3.05) is 24.4 Å². The van der Waals surface area contributed by atoms with E-state index in [1.165, 1.54) is 11.5 Å². The van der Waals surface area contributed by atoms with E-state index in [0.717, 1.165) is 11.5 Å². The van der Waals surface area contributed by atoms with Crippen LogP contribution in [-0.4, -0.2) is 35.1 Å². The first-order chi connectivity index (χ1) is 10.7. The van der Waals surface area contributed by atoms with Crippen molar-refractivity contribution < 1.29 is 14.3 Å². The summed E-state index contributed by atoms with van der Waals surface area (Å²) in [5, 5.41) is 6.69. The van der Waals surface area contributed by atoms with Gasteiger partial charge in [-0.2, -0.15) is 4.37 Å². The lowest BCUT2D eigenvalue weighted by Crippen LogP contribution is -2.34. The number of carbonyl (C=O) groups is 1. The fourth-order valence-electron chi connectivity index (χ4n) is 2.01. The van der Waals surface area contributed by atoms with Crippen molar-refractivity contribution in [3.63, 3.8) is 0 Å². The van der Waals surface area contributed by atoms with Crippen LogP contribution in [0.15, 0.2) is 18.2 Å². The number of carbonyl (C=O) groups excluding carboxylic acids is 1. The monoisotopic (exact) mass is 320 g/mol. The Balaban J connectivity index is 1.72. The molecule has 0 fully saturated rings. The van der Waals surface area contributed by atoms with E-state index in [9.17, 15) is 4.79 Å². The van der Waals surface area contributed by atoms with Crippen LogP contribution in [0.25, 0.3) is 0 Å². The summed E-state index contributed by atoms with van der Waals surface area (Å²) in [5.74, 6) is 1.26. The lowest BCUT2D eigenvalue weighted by Gasteiger charge is -2.23. The highest BCUT2D eigenvalue weighted by molar-refractivity contribution is 7.09. The van der Waals surface area contributed by atoms with Gasteiger partial charge in [0.05, 0.1) is 12.3 Å². The molecule has 1 aromatic heterocycles. The molecule has 8 heteroatoms. The number of rotatable bonds is 5. The van der Waals surface area contributed by atoms with Crippen LogP contribution in [0, 0.1) is 0 Å². The van der Waals surface area contributed by atoms with Crippen LogP contribution < -0.4 is 15.4 Å². The van der Waals surface area contributed by atoms with Gasteiger partial charge in [0.15, 0.2) is 6.10 Å². The van der Waals surface area contributed by atoms with E-state index in [1.807, 2.05) is 18.2 Å². The van der Waals surface area contributed by atoms with Crippen LogP contribution in [-0.2, 0) is 16.0 Å². The van der Waals surface area contributed by atoms with Gasteiger partial charge in [0.25, 0.3) is 5.91 Å². The average molecular weight is 320 g/mol. The van der Waals surface area contributed by atoms with Crippen molar-refractivity contribution in [2.24, 2.45) is 0 Å². The van der Waals surface area contributed by atoms with Crippen molar-refractivity contribution in [3.8, 4) is 5.75 Å². The fraction of sp³-hybridized carbons (Fsp3) is 0.357. The lowest BCUT2D eigenvalue weighted by molar-refractivity contribution is -0.122. The topological polar surface area (TPSA) is 85.4 Å². The van der Waals surface area contributed by atoms with Gasteiger partial charge in [-0.3, -0.25) is 4.79 Å². The Kier molecular flexibility index (Phi) is 4.21. The van der Waals surface area contributed by atoms with Gasteiger partial charge in [-0.15, -0.1) is 0 Å². The van der Waals surface area contributed by atoms with Gasteiger partial charge in [0.2, 0.25) is 5.13 Å². The van der Waals surface area contributed by atoms with E-state index in [0.29, 0.717) is 29.6 Å². The number of ether oxygens (including phenoxy) is 2. The van der Waals surface area contributed by atoms with E-state index in [4.69, 9.17) is 9.47 Å². The second kappa shape index (κ2) is 6.29. The predicted molar refractivity (Wildman–Crippen MR) is 83.9 cm³/mol. The molecule has 1 unspecified atom stereocenters. The Morgan fingerprint density at radius 2 is 2.36 bits per heavy atom. The van der Waals surface area contributed by atoms with Crippen LogP contribution in [0.5, 0.6) is 5.75 Å². The Hall–Kier alpha value is -2.19. The number of hydrogen-bond donors (Lipinski definition) is 2. The molecule has 2 N–H and O–H groups in total. The second-order valence-corrected chi connectivity index (χ2v) is 5.60. The first-order valence-corrected chi connectivity index (χ1v) is 7.63. The normalized spacial score (nSPS) is 16.6. The molecule has 1 aromatic carbocycles. The summed E-state index contributed by atoms with van der Waals surface area (Å²) in [4.78, 5) is 16.0. The number of amides is 1. The molecule has 2 heterocycles. The van der Waals surface area contributed by atoms with Gasteiger partial charge in [-0.1, -0.05) is 0 Å². The van der Waals surface area contributed by atoms with E-state index in [2.05, 4.69) is 20.0 Å². The van der Waals surface area contributed by atoms with Crippen LogP contribution >= 0.6 is 11.5 Å². The minimum absolute atomic E-state index is 0.151. The zero-order chi connectivity index (χ0) is 15.5. The zero-order valence-electron chi connectivity index (χ0n) is 12.3.